The van der Waals surface area contributed by atoms with Gasteiger partial charge in [-0.25, -0.2) is 15.0 Å². The minimum atomic E-state index is -0.637. The molecule has 8 aromatic carbocycles. The number of benzene rings is 8. The van der Waals surface area contributed by atoms with Gasteiger partial charge in [0.25, 0.3) is 0 Å². The molecule has 0 fully saturated rings. The molecule has 2 heterocycles. The van der Waals surface area contributed by atoms with E-state index >= 15 is 0 Å². The molecule has 1 spiro atoms. The van der Waals surface area contributed by atoms with Gasteiger partial charge in [0, 0.05) is 27.6 Å². The Morgan fingerprint density at radius 2 is 0.852 bits per heavy atom. The van der Waals surface area contributed by atoms with Crippen molar-refractivity contribution in [2.75, 3.05) is 0 Å². The monoisotopic (exact) mass is 687 g/mol. The first-order chi connectivity index (χ1) is 26.7. The predicted molar refractivity (Wildman–Crippen MR) is 217 cm³/mol. The number of para-hydroxylation sites is 1. The van der Waals surface area contributed by atoms with Gasteiger partial charge in [0.2, 0.25) is 0 Å². The molecule has 12 rings (SSSR count). The molecule has 4 heteroatoms. The quantitative estimate of drug-likeness (QED) is 0.185. The third-order valence-electron chi connectivity index (χ3n) is 11.5. The van der Waals surface area contributed by atoms with Crippen molar-refractivity contribution in [3.8, 4) is 56.4 Å². The molecule has 4 nitrogen and oxygen atoms in total. The Bertz CT molecular complexity index is 3100. The van der Waals surface area contributed by atoms with Crippen LogP contribution in [0.2, 0.25) is 0 Å². The van der Waals surface area contributed by atoms with E-state index in [1.165, 1.54) is 49.7 Å². The van der Waals surface area contributed by atoms with Crippen LogP contribution in [0.5, 0.6) is 0 Å². The van der Waals surface area contributed by atoms with E-state index in [2.05, 4.69) is 176 Å². The second-order valence-electron chi connectivity index (χ2n) is 14.3. The second kappa shape index (κ2) is 10.9. The molecule has 1 atom stereocenters. The van der Waals surface area contributed by atoms with E-state index in [1.54, 1.807) is 0 Å². The van der Waals surface area contributed by atoms with E-state index in [0.717, 1.165) is 44.2 Å². The summed E-state index contributed by atoms with van der Waals surface area (Å²) in [5.74, 6) is 2.87. The number of hydrogen-bond donors (Lipinski definition) is 0. The minimum Gasteiger partial charge on any atom is -0.459 e. The third-order valence-corrected chi connectivity index (χ3v) is 11.5. The summed E-state index contributed by atoms with van der Waals surface area (Å²) in [4.78, 5) is 15.6. The topological polar surface area (TPSA) is 51.8 Å². The maximum absolute atomic E-state index is 6.97. The largest absolute Gasteiger partial charge is 0.459 e. The van der Waals surface area contributed by atoms with Crippen molar-refractivity contribution in [2.24, 2.45) is 0 Å². The van der Waals surface area contributed by atoms with Crippen molar-refractivity contribution in [3.05, 3.63) is 198 Å². The van der Waals surface area contributed by atoms with Crippen LogP contribution in [0.25, 0.3) is 88.9 Å². The molecule has 0 N–H and O–H groups in total. The van der Waals surface area contributed by atoms with Crippen molar-refractivity contribution in [1.82, 2.24) is 15.0 Å². The van der Waals surface area contributed by atoms with Gasteiger partial charge in [-0.2, -0.15) is 0 Å². The van der Waals surface area contributed by atoms with Gasteiger partial charge in [-0.3, -0.25) is 0 Å². The summed E-state index contributed by atoms with van der Waals surface area (Å²) in [6.45, 7) is 0. The van der Waals surface area contributed by atoms with Gasteiger partial charge in [0.15, 0.2) is 17.5 Å². The average Bonchev–Trinajstić information content (AvgIpc) is 3.87. The van der Waals surface area contributed by atoms with Crippen LogP contribution in [-0.2, 0) is 5.41 Å². The van der Waals surface area contributed by atoms with Crippen LogP contribution in [0.1, 0.15) is 22.5 Å². The molecule has 0 bridgehead atoms. The highest BCUT2D eigenvalue weighted by Crippen LogP contribution is 2.64. The zero-order valence-corrected chi connectivity index (χ0v) is 29.0. The fourth-order valence-electron chi connectivity index (χ4n) is 9.10. The van der Waals surface area contributed by atoms with Crippen LogP contribution in [0.3, 0.4) is 0 Å². The van der Waals surface area contributed by atoms with Crippen LogP contribution in [0.15, 0.2) is 180 Å². The van der Waals surface area contributed by atoms with Crippen LogP contribution >= 0.6 is 0 Å². The lowest BCUT2D eigenvalue weighted by Crippen LogP contribution is -2.25. The van der Waals surface area contributed by atoms with Gasteiger partial charge in [-0.05, 0) is 79.2 Å². The average molecular weight is 688 g/mol. The van der Waals surface area contributed by atoms with Crippen LogP contribution in [0, 0.1) is 0 Å². The Morgan fingerprint density at radius 1 is 0.370 bits per heavy atom. The van der Waals surface area contributed by atoms with E-state index < -0.39 is 5.41 Å². The lowest BCUT2D eigenvalue weighted by atomic mass is 9.73. The number of aromatic nitrogens is 3. The third kappa shape index (κ3) is 3.99. The number of hydrogen-bond acceptors (Lipinski definition) is 4. The highest BCUT2D eigenvalue weighted by atomic mass is 16.3. The Labute approximate surface area is 311 Å². The summed E-state index contributed by atoms with van der Waals surface area (Å²) in [5.41, 5.74) is 11.5. The standard InChI is InChI=1S/C50H29N3O/c1-3-13-32-27-34(23-21-30(32)11-1)47-51-48(35-24-22-31-12-2-4-14-33(31)28-35)53-49(52-47)36-25-26-38-37-15-5-8-18-41(37)50(43(38)29-36)42-19-9-6-16-39(42)45-40-17-7-10-20-44(40)54-46(45)50/h1-29H. The van der Waals surface area contributed by atoms with Crippen molar-refractivity contribution in [3.63, 3.8) is 0 Å². The fourth-order valence-corrected chi connectivity index (χ4v) is 9.10. The molecule has 250 valence electrons. The Balaban J connectivity index is 1.12. The van der Waals surface area contributed by atoms with E-state index in [0.29, 0.717) is 17.5 Å². The smallest absolute Gasteiger partial charge is 0.164 e. The molecule has 2 aliphatic carbocycles. The molecule has 1 unspecified atom stereocenters. The number of rotatable bonds is 3. The Kier molecular flexibility index (Phi) is 5.95. The first-order valence-electron chi connectivity index (χ1n) is 18.4. The molecular formula is C50H29N3O. The zero-order chi connectivity index (χ0) is 35.4. The number of furan rings is 1. The highest BCUT2D eigenvalue weighted by molar-refractivity contribution is 6.04. The molecule has 0 radical (unpaired) electrons. The lowest BCUT2D eigenvalue weighted by Gasteiger charge is -2.28. The Morgan fingerprint density at radius 3 is 1.52 bits per heavy atom. The van der Waals surface area contributed by atoms with Crippen molar-refractivity contribution < 1.29 is 4.42 Å². The lowest BCUT2D eigenvalue weighted by molar-refractivity contribution is 0.507. The van der Waals surface area contributed by atoms with Gasteiger partial charge in [0.05, 0.1) is 0 Å². The summed E-state index contributed by atoms with van der Waals surface area (Å²) in [6, 6.07) is 62.4. The molecular weight excluding hydrogens is 659 g/mol. The van der Waals surface area contributed by atoms with Crippen LogP contribution in [-0.4, -0.2) is 15.0 Å². The molecule has 0 saturated carbocycles. The minimum absolute atomic E-state index is 0.626. The first kappa shape index (κ1) is 29.4. The molecule has 54 heavy (non-hydrogen) atoms. The van der Waals surface area contributed by atoms with E-state index in [-0.39, 0.29) is 0 Å². The maximum Gasteiger partial charge on any atom is 0.164 e. The van der Waals surface area contributed by atoms with Crippen molar-refractivity contribution in [1.29, 1.82) is 0 Å². The van der Waals surface area contributed by atoms with Crippen LogP contribution in [0.4, 0.5) is 0 Å². The Hall–Kier alpha value is -7.17. The van der Waals surface area contributed by atoms with Gasteiger partial charge in [-0.15, -0.1) is 0 Å². The molecule has 2 aliphatic rings. The van der Waals surface area contributed by atoms with Crippen molar-refractivity contribution >= 4 is 32.5 Å². The zero-order valence-electron chi connectivity index (χ0n) is 29.0. The first-order valence-corrected chi connectivity index (χ1v) is 18.4. The molecule has 2 aromatic heterocycles. The molecule has 0 saturated heterocycles. The predicted octanol–water partition coefficient (Wildman–Crippen LogP) is 12.3. The summed E-state index contributed by atoms with van der Waals surface area (Å²) < 4.78 is 6.97. The normalized spacial score (nSPS) is 15.1. The van der Waals surface area contributed by atoms with Crippen molar-refractivity contribution in [2.45, 2.75) is 5.41 Å². The van der Waals surface area contributed by atoms with Gasteiger partial charge < -0.3 is 4.42 Å². The van der Waals surface area contributed by atoms with E-state index in [4.69, 9.17) is 19.4 Å². The number of fused-ring (bicyclic) bond motifs is 14. The van der Waals surface area contributed by atoms with Gasteiger partial charge in [-0.1, -0.05) is 152 Å². The summed E-state index contributed by atoms with van der Waals surface area (Å²) >= 11 is 0. The summed E-state index contributed by atoms with van der Waals surface area (Å²) in [7, 11) is 0. The SMILES string of the molecule is c1ccc2c(c1)-c1ccc(-c3nc(-c4ccc5ccccc5c4)nc(-c4ccc5ccccc5c4)n3)cc1C21c2ccccc2-c2c1oc1ccccc21. The second-order valence-corrected chi connectivity index (χ2v) is 14.3. The fraction of sp³-hybridized carbons (Fsp3) is 0.0200. The van der Waals surface area contributed by atoms with Gasteiger partial charge in [0.1, 0.15) is 16.8 Å². The highest BCUT2D eigenvalue weighted by Gasteiger charge is 2.55. The number of nitrogens with zero attached hydrogens (tertiary/aromatic N) is 3. The van der Waals surface area contributed by atoms with Gasteiger partial charge >= 0.3 is 0 Å². The van der Waals surface area contributed by atoms with E-state index in [1.807, 2.05) is 0 Å². The van der Waals surface area contributed by atoms with E-state index in [9.17, 15) is 0 Å². The maximum atomic E-state index is 6.97. The molecule has 0 aliphatic heterocycles. The summed E-state index contributed by atoms with van der Waals surface area (Å²) in [5, 5.41) is 5.77. The molecule has 10 aromatic rings. The summed E-state index contributed by atoms with van der Waals surface area (Å²) in [6.07, 6.45) is 0. The van der Waals surface area contributed by atoms with Crippen LogP contribution < -0.4 is 0 Å². The molecule has 0 amide bonds.